The standard InChI is InChI=1S/C12H12F3N5O2/c13-12(14,15)22-8-1-2-10(9(16)4-8)20-6-7(3-11(20)21)5-18-19-17/h1-2,4,7H,3,5-6,16H2. The maximum atomic E-state index is 12.1. The van der Waals surface area contributed by atoms with Gasteiger partial charge in [0.1, 0.15) is 5.75 Å². The van der Waals surface area contributed by atoms with Crippen LogP contribution in [0.5, 0.6) is 5.75 Å². The smallest absolute Gasteiger partial charge is 0.406 e. The Hall–Kier alpha value is -2.61. The molecule has 1 aromatic carbocycles. The van der Waals surface area contributed by atoms with Gasteiger partial charge >= 0.3 is 6.36 Å². The molecule has 1 unspecified atom stereocenters. The van der Waals surface area contributed by atoms with Gasteiger partial charge < -0.3 is 15.4 Å². The van der Waals surface area contributed by atoms with E-state index >= 15 is 0 Å². The van der Waals surface area contributed by atoms with Gasteiger partial charge in [-0.25, -0.2) is 0 Å². The summed E-state index contributed by atoms with van der Waals surface area (Å²) in [6.07, 6.45) is -4.61. The molecule has 0 saturated carbocycles. The van der Waals surface area contributed by atoms with E-state index in [2.05, 4.69) is 14.8 Å². The van der Waals surface area contributed by atoms with Gasteiger partial charge in [-0.3, -0.25) is 4.79 Å². The number of ether oxygens (including phenoxy) is 1. The number of azide groups is 1. The van der Waals surface area contributed by atoms with Crippen LogP contribution in [0.4, 0.5) is 24.5 Å². The van der Waals surface area contributed by atoms with E-state index in [9.17, 15) is 18.0 Å². The van der Waals surface area contributed by atoms with Crippen molar-refractivity contribution >= 4 is 17.3 Å². The van der Waals surface area contributed by atoms with E-state index in [1.165, 1.54) is 11.0 Å². The average Bonchev–Trinajstić information content (AvgIpc) is 2.76. The predicted molar refractivity (Wildman–Crippen MR) is 72.0 cm³/mol. The minimum Gasteiger partial charge on any atom is -0.406 e. The molecule has 0 bridgehead atoms. The Kier molecular flexibility index (Phi) is 4.32. The number of carbonyl (C=O) groups is 1. The lowest BCUT2D eigenvalue weighted by Gasteiger charge is -2.19. The average molecular weight is 315 g/mol. The number of nitrogens with zero attached hydrogens (tertiary/aromatic N) is 4. The van der Waals surface area contributed by atoms with Crippen LogP contribution in [-0.2, 0) is 4.79 Å². The highest BCUT2D eigenvalue weighted by atomic mass is 19.4. The molecule has 0 aliphatic carbocycles. The highest BCUT2D eigenvalue weighted by Crippen LogP contribution is 2.34. The maximum Gasteiger partial charge on any atom is 0.573 e. The van der Waals surface area contributed by atoms with E-state index in [1.807, 2.05) is 0 Å². The first-order valence-corrected chi connectivity index (χ1v) is 6.26. The van der Waals surface area contributed by atoms with Crippen molar-refractivity contribution < 1.29 is 22.7 Å². The van der Waals surface area contributed by atoms with Gasteiger partial charge in [0.2, 0.25) is 5.91 Å². The first kappa shape index (κ1) is 15.8. The van der Waals surface area contributed by atoms with E-state index < -0.39 is 12.1 Å². The van der Waals surface area contributed by atoms with Gasteiger partial charge in [-0.15, -0.1) is 13.2 Å². The molecule has 118 valence electrons. The Bertz CT molecular complexity index is 628. The van der Waals surface area contributed by atoms with Crippen LogP contribution in [0.25, 0.3) is 10.4 Å². The van der Waals surface area contributed by atoms with Crippen LogP contribution in [0.2, 0.25) is 0 Å². The highest BCUT2D eigenvalue weighted by molar-refractivity contribution is 5.98. The molecule has 1 fully saturated rings. The first-order chi connectivity index (χ1) is 10.3. The third-order valence-corrected chi connectivity index (χ3v) is 3.13. The SMILES string of the molecule is [N-]=[N+]=NCC1CC(=O)N(c2ccc(OC(F)(F)F)cc2N)C1. The van der Waals surface area contributed by atoms with Crippen LogP contribution < -0.4 is 15.4 Å². The summed E-state index contributed by atoms with van der Waals surface area (Å²) in [5.41, 5.74) is 14.3. The molecule has 1 saturated heterocycles. The lowest BCUT2D eigenvalue weighted by Crippen LogP contribution is -2.26. The van der Waals surface area contributed by atoms with Gasteiger partial charge in [-0.05, 0) is 23.6 Å². The molecule has 10 heteroatoms. The van der Waals surface area contributed by atoms with Gasteiger partial charge in [0, 0.05) is 30.5 Å². The zero-order valence-corrected chi connectivity index (χ0v) is 11.2. The number of hydrogen-bond acceptors (Lipinski definition) is 4. The van der Waals surface area contributed by atoms with E-state index in [1.54, 1.807) is 0 Å². The quantitative estimate of drug-likeness (QED) is 0.400. The molecule has 1 aliphatic heterocycles. The monoisotopic (exact) mass is 315 g/mol. The molecule has 7 nitrogen and oxygen atoms in total. The lowest BCUT2D eigenvalue weighted by molar-refractivity contribution is -0.274. The van der Waals surface area contributed by atoms with Crippen molar-refractivity contribution in [2.24, 2.45) is 11.0 Å². The van der Waals surface area contributed by atoms with Gasteiger partial charge in [0.25, 0.3) is 0 Å². The second kappa shape index (κ2) is 6.02. The molecule has 0 spiro atoms. The Morgan fingerprint density at radius 3 is 2.82 bits per heavy atom. The number of alkyl halides is 3. The second-order valence-electron chi connectivity index (χ2n) is 4.76. The third-order valence-electron chi connectivity index (χ3n) is 3.13. The fourth-order valence-electron chi connectivity index (χ4n) is 2.26. The number of nitrogen functional groups attached to an aromatic ring is 1. The van der Waals surface area contributed by atoms with Crippen LogP contribution in [-0.4, -0.2) is 25.4 Å². The van der Waals surface area contributed by atoms with Crippen molar-refractivity contribution in [2.45, 2.75) is 12.8 Å². The predicted octanol–water partition coefficient (Wildman–Crippen LogP) is 2.83. The Morgan fingerprint density at radius 2 is 2.23 bits per heavy atom. The lowest BCUT2D eigenvalue weighted by atomic mass is 10.1. The first-order valence-electron chi connectivity index (χ1n) is 6.26. The Labute approximate surface area is 123 Å². The molecular formula is C12H12F3N5O2. The minimum atomic E-state index is -4.81. The van der Waals surface area contributed by atoms with Crippen molar-refractivity contribution in [3.05, 3.63) is 28.6 Å². The Balaban J connectivity index is 2.16. The van der Waals surface area contributed by atoms with Gasteiger partial charge in [-0.1, -0.05) is 5.11 Å². The summed E-state index contributed by atoms with van der Waals surface area (Å²) < 4.78 is 40.2. The van der Waals surface area contributed by atoms with Crippen molar-refractivity contribution in [1.82, 2.24) is 0 Å². The Morgan fingerprint density at radius 1 is 1.50 bits per heavy atom. The number of hydrogen-bond donors (Lipinski definition) is 1. The van der Waals surface area contributed by atoms with Crippen molar-refractivity contribution in [1.29, 1.82) is 0 Å². The summed E-state index contributed by atoms with van der Waals surface area (Å²) in [6, 6.07) is 3.40. The van der Waals surface area contributed by atoms with Crippen LogP contribution in [0.15, 0.2) is 23.3 Å². The van der Waals surface area contributed by atoms with Crippen molar-refractivity contribution in [3.63, 3.8) is 0 Å². The number of carbonyl (C=O) groups excluding carboxylic acids is 1. The molecule has 1 atom stereocenters. The molecule has 2 N–H and O–H groups in total. The van der Waals surface area contributed by atoms with E-state index in [0.717, 1.165) is 12.1 Å². The largest absolute Gasteiger partial charge is 0.573 e. The van der Waals surface area contributed by atoms with Crippen molar-refractivity contribution in [2.75, 3.05) is 23.7 Å². The molecule has 1 amide bonds. The molecule has 1 heterocycles. The number of nitrogens with two attached hydrogens (primary N) is 1. The fourth-order valence-corrected chi connectivity index (χ4v) is 2.26. The summed E-state index contributed by atoms with van der Waals surface area (Å²) in [6.45, 7) is 0.468. The topological polar surface area (TPSA) is 104 Å². The number of benzene rings is 1. The van der Waals surface area contributed by atoms with E-state index in [0.29, 0.717) is 12.2 Å². The minimum absolute atomic E-state index is 0.000431. The number of anilines is 2. The third kappa shape index (κ3) is 3.73. The maximum absolute atomic E-state index is 12.1. The number of rotatable bonds is 4. The normalized spacial score (nSPS) is 18.2. The highest BCUT2D eigenvalue weighted by Gasteiger charge is 2.33. The molecule has 22 heavy (non-hydrogen) atoms. The number of amides is 1. The van der Waals surface area contributed by atoms with Gasteiger partial charge in [-0.2, -0.15) is 0 Å². The molecule has 2 rings (SSSR count). The summed E-state index contributed by atoms with van der Waals surface area (Å²) in [5.74, 6) is -0.825. The molecule has 1 aliphatic rings. The summed E-state index contributed by atoms with van der Waals surface area (Å²) in [7, 11) is 0. The summed E-state index contributed by atoms with van der Waals surface area (Å²) in [5, 5.41) is 3.42. The van der Waals surface area contributed by atoms with Crippen LogP contribution in [0.1, 0.15) is 6.42 Å². The van der Waals surface area contributed by atoms with Gasteiger partial charge in [0.15, 0.2) is 0 Å². The van der Waals surface area contributed by atoms with Crippen molar-refractivity contribution in [3.8, 4) is 5.75 Å². The second-order valence-corrected chi connectivity index (χ2v) is 4.76. The molecule has 0 radical (unpaired) electrons. The zero-order valence-electron chi connectivity index (χ0n) is 11.2. The van der Waals surface area contributed by atoms with Crippen LogP contribution >= 0.6 is 0 Å². The molecular weight excluding hydrogens is 303 g/mol. The number of halogens is 3. The van der Waals surface area contributed by atoms with Crippen LogP contribution in [0, 0.1) is 5.92 Å². The van der Waals surface area contributed by atoms with Gasteiger partial charge in [0.05, 0.1) is 11.4 Å². The molecule has 1 aromatic rings. The summed E-state index contributed by atoms with van der Waals surface area (Å²) in [4.78, 5) is 15.9. The summed E-state index contributed by atoms with van der Waals surface area (Å²) >= 11 is 0. The molecule has 0 aromatic heterocycles. The zero-order chi connectivity index (χ0) is 16.3. The fraction of sp³-hybridized carbons (Fsp3) is 0.417. The van der Waals surface area contributed by atoms with E-state index in [4.69, 9.17) is 11.3 Å². The van der Waals surface area contributed by atoms with E-state index in [-0.39, 0.29) is 30.5 Å². The van der Waals surface area contributed by atoms with Crippen LogP contribution in [0.3, 0.4) is 0 Å².